The second-order valence-electron chi connectivity index (χ2n) is 6.37. The van der Waals surface area contributed by atoms with Crippen LogP contribution < -0.4 is 19.5 Å². The number of carbonyl (C=O) groups excluding carboxylic acids is 1. The second-order valence-corrected chi connectivity index (χ2v) is 6.37. The van der Waals surface area contributed by atoms with Gasteiger partial charge in [-0.1, -0.05) is 18.2 Å². The van der Waals surface area contributed by atoms with Crippen LogP contribution in [0.2, 0.25) is 0 Å². The number of tetrazole rings is 1. The molecule has 1 N–H and O–H groups in total. The Morgan fingerprint density at radius 1 is 1.03 bits per heavy atom. The maximum absolute atomic E-state index is 12.4. The Morgan fingerprint density at radius 2 is 1.66 bits per heavy atom. The van der Waals surface area contributed by atoms with Crippen molar-refractivity contribution >= 4 is 11.6 Å². The van der Waals surface area contributed by atoms with Gasteiger partial charge in [-0.3, -0.25) is 4.79 Å². The van der Waals surface area contributed by atoms with E-state index in [4.69, 9.17) is 14.2 Å². The first-order valence-electron chi connectivity index (χ1n) is 8.91. The van der Waals surface area contributed by atoms with Gasteiger partial charge in [0, 0.05) is 11.3 Å². The molecule has 0 aliphatic rings. The number of hydrogen-bond donors (Lipinski definition) is 1. The van der Waals surface area contributed by atoms with Crippen LogP contribution in [0.3, 0.4) is 0 Å². The number of ether oxygens (including phenoxy) is 3. The predicted octanol–water partition coefficient (Wildman–Crippen LogP) is 2.62. The molecule has 9 heteroatoms. The lowest BCUT2D eigenvalue weighted by atomic mass is 10.1. The van der Waals surface area contributed by atoms with Crippen LogP contribution in [0.4, 0.5) is 5.69 Å². The molecule has 0 radical (unpaired) electrons. The highest BCUT2D eigenvalue weighted by atomic mass is 16.5. The Balaban J connectivity index is 1.80. The quantitative estimate of drug-likeness (QED) is 0.654. The van der Waals surface area contributed by atoms with Crippen LogP contribution in [0.25, 0.3) is 11.4 Å². The largest absolute Gasteiger partial charge is 0.493 e. The van der Waals surface area contributed by atoms with Crippen molar-refractivity contribution in [3.05, 3.63) is 41.5 Å². The van der Waals surface area contributed by atoms with Crippen LogP contribution in [0, 0.1) is 13.8 Å². The first-order chi connectivity index (χ1) is 14.0. The average Bonchev–Trinajstić information content (AvgIpc) is 3.18. The third kappa shape index (κ3) is 4.29. The summed E-state index contributed by atoms with van der Waals surface area (Å²) in [6.07, 6.45) is 0. The Labute approximate surface area is 168 Å². The van der Waals surface area contributed by atoms with Gasteiger partial charge in [-0.05, 0) is 42.3 Å². The molecule has 0 aliphatic carbocycles. The third-order valence-electron chi connectivity index (χ3n) is 4.41. The SMILES string of the molecule is COc1cc(-c2nnn(CC(=O)Nc3c(C)cccc3C)n2)cc(OC)c1OC. The van der Waals surface area contributed by atoms with Crippen LogP contribution in [0.1, 0.15) is 11.1 Å². The lowest BCUT2D eigenvalue weighted by Crippen LogP contribution is -2.21. The van der Waals surface area contributed by atoms with E-state index in [1.165, 1.54) is 26.1 Å². The number of benzene rings is 2. The summed E-state index contributed by atoms with van der Waals surface area (Å²) in [5.74, 6) is 1.52. The van der Waals surface area contributed by atoms with Crippen molar-refractivity contribution in [1.29, 1.82) is 0 Å². The summed E-state index contributed by atoms with van der Waals surface area (Å²) in [5.41, 5.74) is 3.40. The van der Waals surface area contributed by atoms with Gasteiger partial charge in [0.25, 0.3) is 0 Å². The maximum Gasteiger partial charge on any atom is 0.248 e. The summed E-state index contributed by atoms with van der Waals surface area (Å²) in [4.78, 5) is 13.7. The van der Waals surface area contributed by atoms with Crippen molar-refractivity contribution < 1.29 is 19.0 Å². The highest BCUT2D eigenvalue weighted by Crippen LogP contribution is 2.40. The highest BCUT2D eigenvalue weighted by Gasteiger charge is 2.17. The zero-order valence-electron chi connectivity index (χ0n) is 17.0. The summed E-state index contributed by atoms with van der Waals surface area (Å²) in [6.45, 7) is 3.82. The van der Waals surface area contributed by atoms with Gasteiger partial charge in [0.15, 0.2) is 11.5 Å². The van der Waals surface area contributed by atoms with E-state index in [1.54, 1.807) is 12.1 Å². The Bertz CT molecular complexity index is 986. The fraction of sp³-hybridized carbons (Fsp3) is 0.300. The summed E-state index contributed by atoms with van der Waals surface area (Å²) in [6, 6.07) is 9.28. The molecule has 3 rings (SSSR count). The molecule has 152 valence electrons. The first kappa shape index (κ1) is 20.1. The van der Waals surface area contributed by atoms with E-state index < -0.39 is 0 Å². The standard InChI is InChI=1S/C20H23N5O4/c1-12-7-6-8-13(2)18(12)21-17(26)11-25-23-20(22-24-25)14-9-15(27-3)19(29-5)16(10-14)28-4/h6-10H,11H2,1-5H3,(H,21,26). The Morgan fingerprint density at radius 3 is 2.21 bits per heavy atom. The second kappa shape index (κ2) is 8.59. The minimum atomic E-state index is -0.240. The van der Waals surface area contributed by atoms with Gasteiger partial charge in [-0.25, -0.2) is 0 Å². The van der Waals surface area contributed by atoms with E-state index in [0.29, 0.717) is 28.6 Å². The lowest BCUT2D eigenvalue weighted by molar-refractivity contribution is -0.117. The van der Waals surface area contributed by atoms with Gasteiger partial charge in [0.05, 0.1) is 21.3 Å². The van der Waals surface area contributed by atoms with Crippen molar-refractivity contribution in [2.24, 2.45) is 0 Å². The highest BCUT2D eigenvalue weighted by molar-refractivity contribution is 5.92. The van der Waals surface area contributed by atoms with Crippen LogP contribution in [-0.2, 0) is 11.3 Å². The van der Waals surface area contributed by atoms with E-state index >= 15 is 0 Å². The van der Waals surface area contributed by atoms with Crippen molar-refractivity contribution in [3.8, 4) is 28.6 Å². The average molecular weight is 397 g/mol. The maximum atomic E-state index is 12.4. The molecule has 9 nitrogen and oxygen atoms in total. The molecule has 0 aliphatic heterocycles. The van der Waals surface area contributed by atoms with Crippen LogP contribution >= 0.6 is 0 Å². The number of rotatable bonds is 7. The minimum absolute atomic E-state index is 0.0643. The number of methoxy groups -OCH3 is 3. The minimum Gasteiger partial charge on any atom is -0.493 e. The van der Waals surface area contributed by atoms with E-state index in [2.05, 4.69) is 20.7 Å². The van der Waals surface area contributed by atoms with E-state index in [-0.39, 0.29) is 12.5 Å². The molecule has 1 amide bonds. The molecule has 2 aromatic carbocycles. The summed E-state index contributed by atoms with van der Waals surface area (Å²) < 4.78 is 16.0. The van der Waals surface area contributed by atoms with Crippen molar-refractivity contribution in [2.45, 2.75) is 20.4 Å². The van der Waals surface area contributed by atoms with Gasteiger partial charge >= 0.3 is 0 Å². The summed E-state index contributed by atoms with van der Waals surface area (Å²) in [7, 11) is 4.59. The number of anilines is 1. The number of para-hydroxylation sites is 1. The molecule has 1 heterocycles. The van der Waals surface area contributed by atoms with E-state index in [1.807, 2.05) is 32.0 Å². The fourth-order valence-electron chi connectivity index (χ4n) is 2.95. The topological polar surface area (TPSA) is 100 Å². The summed E-state index contributed by atoms with van der Waals surface area (Å²) in [5, 5.41) is 15.2. The normalized spacial score (nSPS) is 10.5. The van der Waals surface area contributed by atoms with Crippen LogP contribution in [0.15, 0.2) is 30.3 Å². The van der Waals surface area contributed by atoms with Crippen molar-refractivity contribution in [2.75, 3.05) is 26.6 Å². The van der Waals surface area contributed by atoms with Crippen LogP contribution in [-0.4, -0.2) is 47.4 Å². The van der Waals surface area contributed by atoms with Gasteiger partial charge in [-0.15, -0.1) is 10.2 Å². The van der Waals surface area contributed by atoms with Gasteiger partial charge in [-0.2, -0.15) is 4.80 Å². The number of aromatic nitrogens is 4. The molecule has 0 bridgehead atoms. The van der Waals surface area contributed by atoms with Crippen molar-refractivity contribution in [1.82, 2.24) is 20.2 Å². The molecule has 3 aromatic rings. The monoisotopic (exact) mass is 397 g/mol. The summed E-state index contributed by atoms with van der Waals surface area (Å²) >= 11 is 0. The van der Waals surface area contributed by atoms with Gasteiger partial charge in [0.2, 0.25) is 17.5 Å². The Hall–Kier alpha value is -3.62. The molecule has 0 spiro atoms. The number of carbonyl (C=O) groups is 1. The molecular weight excluding hydrogens is 374 g/mol. The third-order valence-corrected chi connectivity index (χ3v) is 4.41. The Kier molecular flexibility index (Phi) is 5.96. The lowest BCUT2D eigenvalue weighted by Gasteiger charge is -2.12. The van der Waals surface area contributed by atoms with Gasteiger partial charge < -0.3 is 19.5 Å². The number of aryl methyl sites for hydroxylation is 2. The molecule has 0 unspecified atom stereocenters. The zero-order valence-corrected chi connectivity index (χ0v) is 17.0. The van der Waals surface area contributed by atoms with Gasteiger partial charge in [0.1, 0.15) is 6.54 Å². The smallest absolute Gasteiger partial charge is 0.248 e. The van der Waals surface area contributed by atoms with Crippen LogP contribution in [0.5, 0.6) is 17.2 Å². The number of nitrogens with zero attached hydrogens (tertiary/aromatic N) is 4. The number of hydrogen-bond acceptors (Lipinski definition) is 7. The molecular formula is C20H23N5O4. The van der Waals surface area contributed by atoms with Crippen molar-refractivity contribution in [3.63, 3.8) is 0 Å². The predicted molar refractivity (Wildman–Crippen MR) is 107 cm³/mol. The number of nitrogens with one attached hydrogen (secondary N) is 1. The number of amides is 1. The molecule has 1 aromatic heterocycles. The molecule has 29 heavy (non-hydrogen) atoms. The fourth-order valence-corrected chi connectivity index (χ4v) is 2.95. The first-order valence-corrected chi connectivity index (χ1v) is 8.91. The molecule has 0 saturated heterocycles. The molecule has 0 saturated carbocycles. The zero-order chi connectivity index (χ0) is 21.0. The van der Waals surface area contributed by atoms with E-state index in [9.17, 15) is 4.79 Å². The van der Waals surface area contributed by atoms with E-state index in [0.717, 1.165) is 16.8 Å². The molecule has 0 atom stereocenters. The molecule has 0 fully saturated rings.